The standard InChI is InChI=1S/C21H26N2O4/c1-3-13-11-23-9-8-20-14-6-4-5-7-16(14)22-21(20,23)17(25)10-15(13)19(20,12-24)18(26)27-2/h3-7,15,17,22,24-25H,8-12H2,1-2H3/b13-3-. The number of hydrogen-bond acceptors (Lipinski definition) is 6. The summed E-state index contributed by atoms with van der Waals surface area (Å²) in [6.07, 6.45) is 2.51. The molecule has 1 aromatic carbocycles. The van der Waals surface area contributed by atoms with Gasteiger partial charge in [-0.25, -0.2) is 0 Å². The van der Waals surface area contributed by atoms with Crippen molar-refractivity contribution in [2.75, 3.05) is 32.1 Å². The Hall–Kier alpha value is -1.89. The van der Waals surface area contributed by atoms with Gasteiger partial charge in [-0.1, -0.05) is 29.8 Å². The van der Waals surface area contributed by atoms with Crippen LogP contribution in [-0.4, -0.2) is 59.7 Å². The highest BCUT2D eigenvalue weighted by molar-refractivity contribution is 5.85. The summed E-state index contributed by atoms with van der Waals surface area (Å²) < 4.78 is 5.33. The molecular weight excluding hydrogens is 344 g/mol. The molecule has 6 atom stereocenters. The van der Waals surface area contributed by atoms with Crippen LogP contribution in [0.25, 0.3) is 0 Å². The molecule has 1 aliphatic carbocycles. The Morgan fingerprint density at radius 2 is 2.22 bits per heavy atom. The number of nitrogens with zero attached hydrogens (tertiary/aromatic N) is 1. The second kappa shape index (κ2) is 5.34. The smallest absolute Gasteiger partial charge is 0.315 e. The fourth-order valence-electron chi connectivity index (χ4n) is 7.01. The molecule has 6 heteroatoms. The number of esters is 1. The van der Waals surface area contributed by atoms with E-state index in [0.717, 1.165) is 23.4 Å². The van der Waals surface area contributed by atoms with Gasteiger partial charge in [0.15, 0.2) is 0 Å². The Labute approximate surface area is 158 Å². The van der Waals surface area contributed by atoms with Gasteiger partial charge in [-0.2, -0.15) is 0 Å². The van der Waals surface area contributed by atoms with Crippen LogP contribution in [0.1, 0.15) is 25.3 Å². The minimum atomic E-state index is -1.13. The first-order chi connectivity index (χ1) is 13.0. The van der Waals surface area contributed by atoms with Gasteiger partial charge in [-0.3, -0.25) is 9.69 Å². The molecule has 144 valence electrons. The Morgan fingerprint density at radius 1 is 1.44 bits per heavy atom. The number of fused-ring (bicyclic) bond motifs is 3. The van der Waals surface area contributed by atoms with Gasteiger partial charge < -0.3 is 20.3 Å². The molecule has 1 spiro atoms. The van der Waals surface area contributed by atoms with Crippen molar-refractivity contribution < 1.29 is 19.7 Å². The van der Waals surface area contributed by atoms with Crippen LogP contribution in [0.5, 0.6) is 0 Å². The van der Waals surface area contributed by atoms with Gasteiger partial charge in [0.1, 0.15) is 11.1 Å². The minimum Gasteiger partial charge on any atom is -0.468 e. The third-order valence-corrected chi connectivity index (χ3v) is 7.91. The molecule has 3 N–H and O–H groups in total. The highest BCUT2D eigenvalue weighted by Gasteiger charge is 2.82. The van der Waals surface area contributed by atoms with E-state index in [1.54, 1.807) is 0 Å². The SMILES string of the molecule is C/C=C1/CN2CCC34c5ccccc5NC23C(O)CC1C4(CO)C(=O)OC. The first-order valence-electron chi connectivity index (χ1n) is 9.68. The summed E-state index contributed by atoms with van der Waals surface area (Å²) in [4.78, 5) is 15.7. The molecule has 0 aromatic heterocycles. The Kier molecular flexibility index (Phi) is 3.41. The summed E-state index contributed by atoms with van der Waals surface area (Å²) in [5.41, 5.74) is 0.354. The topological polar surface area (TPSA) is 82.0 Å². The normalized spacial score (nSPS) is 45.2. The lowest BCUT2D eigenvalue weighted by atomic mass is 9.45. The zero-order valence-corrected chi connectivity index (χ0v) is 15.7. The number of aliphatic hydroxyl groups is 2. The first-order valence-corrected chi connectivity index (χ1v) is 9.68. The third kappa shape index (κ3) is 1.55. The Bertz CT molecular complexity index is 854. The van der Waals surface area contributed by atoms with Crippen LogP contribution in [0.4, 0.5) is 5.69 Å². The Balaban J connectivity index is 1.93. The average Bonchev–Trinajstić information content (AvgIpc) is 3.11. The van der Waals surface area contributed by atoms with Gasteiger partial charge in [-0.15, -0.1) is 0 Å². The van der Waals surface area contributed by atoms with E-state index in [-0.39, 0.29) is 18.5 Å². The lowest BCUT2D eigenvalue weighted by Crippen LogP contribution is -2.75. The van der Waals surface area contributed by atoms with Crippen molar-refractivity contribution in [1.82, 2.24) is 4.90 Å². The molecule has 0 radical (unpaired) electrons. The monoisotopic (exact) mass is 370 g/mol. The highest BCUT2D eigenvalue weighted by Crippen LogP contribution is 2.72. The molecule has 4 heterocycles. The van der Waals surface area contributed by atoms with E-state index in [1.807, 2.05) is 37.3 Å². The maximum absolute atomic E-state index is 13.4. The van der Waals surface area contributed by atoms with E-state index >= 15 is 0 Å². The second-order valence-electron chi connectivity index (χ2n) is 8.30. The first kappa shape index (κ1) is 17.2. The molecule has 4 bridgehead atoms. The molecule has 0 amide bonds. The van der Waals surface area contributed by atoms with Crippen molar-refractivity contribution in [3.05, 3.63) is 41.5 Å². The van der Waals surface area contributed by atoms with Crippen molar-refractivity contribution in [2.24, 2.45) is 11.3 Å². The van der Waals surface area contributed by atoms with Crippen molar-refractivity contribution in [1.29, 1.82) is 0 Å². The van der Waals surface area contributed by atoms with E-state index in [0.29, 0.717) is 19.4 Å². The zero-order chi connectivity index (χ0) is 19.0. The number of allylic oxidation sites excluding steroid dienone is 1. The molecule has 6 unspecified atom stereocenters. The van der Waals surface area contributed by atoms with Crippen LogP contribution in [-0.2, 0) is 14.9 Å². The summed E-state index contributed by atoms with van der Waals surface area (Å²) in [5, 5.41) is 25.9. The summed E-state index contributed by atoms with van der Waals surface area (Å²) in [6.45, 7) is 3.10. The second-order valence-corrected chi connectivity index (χ2v) is 8.30. The van der Waals surface area contributed by atoms with Gasteiger partial charge in [-0.05, 0) is 31.4 Å². The number of ether oxygens (including phenoxy) is 1. The summed E-state index contributed by atoms with van der Waals surface area (Å²) in [7, 11) is 1.40. The lowest BCUT2D eigenvalue weighted by Gasteiger charge is -2.59. The van der Waals surface area contributed by atoms with E-state index in [4.69, 9.17) is 4.74 Å². The zero-order valence-electron chi connectivity index (χ0n) is 15.7. The maximum atomic E-state index is 13.4. The van der Waals surface area contributed by atoms with Crippen LogP contribution in [0.2, 0.25) is 0 Å². The number of rotatable bonds is 2. The third-order valence-electron chi connectivity index (χ3n) is 7.91. The summed E-state index contributed by atoms with van der Waals surface area (Å²) in [5.74, 6) is -0.644. The van der Waals surface area contributed by atoms with Crippen LogP contribution < -0.4 is 5.32 Å². The van der Waals surface area contributed by atoms with Crippen molar-refractivity contribution in [3.63, 3.8) is 0 Å². The number of aliphatic hydroxyl groups excluding tert-OH is 2. The molecular formula is C21H26N2O4. The predicted molar refractivity (Wildman–Crippen MR) is 100 cm³/mol. The van der Waals surface area contributed by atoms with Crippen molar-refractivity contribution >= 4 is 11.7 Å². The predicted octanol–water partition coefficient (Wildman–Crippen LogP) is 1.24. The molecule has 6 nitrogen and oxygen atoms in total. The number of anilines is 1. The molecule has 5 aliphatic rings. The van der Waals surface area contributed by atoms with Crippen LogP contribution in [0.3, 0.4) is 0 Å². The molecule has 27 heavy (non-hydrogen) atoms. The maximum Gasteiger partial charge on any atom is 0.315 e. The average molecular weight is 370 g/mol. The van der Waals surface area contributed by atoms with Crippen LogP contribution in [0, 0.1) is 11.3 Å². The van der Waals surface area contributed by atoms with Gasteiger partial charge in [0.05, 0.1) is 25.2 Å². The van der Waals surface area contributed by atoms with Crippen molar-refractivity contribution in [3.8, 4) is 0 Å². The quantitative estimate of drug-likeness (QED) is 0.537. The number of hydrogen-bond donors (Lipinski definition) is 3. The number of nitrogens with one attached hydrogen (secondary N) is 1. The van der Waals surface area contributed by atoms with Gasteiger partial charge >= 0.3 is 5.97 Å². The largest absolute Gasteiger partial charge is 0.468 e. The molecule has 1 saturated carbocycles. The van der Waals surface area contributed by atoms with E-state index in [1.165, 1.54) is 7.11 Å². The van der Waals surface area contributed by atoms with E-state index in [2.05, 4.69) is 10.2 Å². The lowest BCUT2D eigenvalue weighted by molar-refractivity contribution is -0.184. The summed E-state index contributed by atoms with van der Waals surface area (Å²) >= 11 is 0. The molecule has 4 fully saturated rings. The van der Waals surface area contributed by atoms with Gasteiger partial charge in [0, 0.05) is 24.7 Å². The highest BCUT2D eigenvalue weighted by atomic mass is 16.5. The molecule has 3 saturated heterocycles. The molecule has 6 rings (SSSR count). The van der Waals surface area contributed by atoms with Gasteiger partial charge in [0.2, 0.25) is 0 Å². The van der Waals surface area contributed by atoms with Crippen molar-refractivity contribution in [2.45, 2.75) is 36.9 Å². The number of carbonyl (C=O) groups is 1. The molecule has 4 aliphatic heterocycles. The van der Waals surface area contributed by atoms with Crippen LogP contribution in [0.15, 0.2) is 35.9 Å². The fraction of sp³-hybridized carbons (Fsp3) is 0.571. The van der Waals surface area contributed by atoms with Gasteiger partial charge in [0.25, 0.3) is 0 Å². The minimum absolute atomic E-state index is 0.263. The number of benzene rings is 1. The summed E-state index contributed by atoms with van der Waals surface area (Å²) in [6, 6.07) is 7.97. The number of para-hydroxylation sites is 1. The van der Waals surface area contributed by atoms with E-state index in [9.17, 15) is 15.0 Å². The number of carbonyl (C=O) groups excluding carboxylic acids is 1. The Morgan fingerprint density at radius 3 is 2.93 bits per heavy atom. The fourth-order valence-corrected chi connectivity index (χ4v) is 7.01. The number of methoxy groups -OCH3 is 1. The molecule has 1 aromatic rings. The van der Waals surface area contributed by atoms with Crippen LogP contribution >= 0.6 is 0 Å². The van der Waals surface area contributed by atoms with E-state index < -0.39 is 22.6 Å².